The first-order chi connectivity index (χ1) is 9.22. The zero-order valence-corrected chi connectivity index (χ0v) is 10.8. The van der Waals surface area contributed by atoms with Crippen molar-refractivity contribution in [3.8, 4) is 6.07 Å². The number of carbonyl (C=O) groups excluding carboxylic acids is 1. The van der Waals surface area contributed by atoms with Crippen molar-refractivity contribution in [2.75, 3.05) is 7.11 Å². The molecule has 3 nitrogen and oxygen atoms in total. The fourth-order valence-electron chi connectivity index (χ4n) is 2.12. The third kappa shape index (κ3) is 2.21. The molecule has 0 amide bonds. The largest absolute Gasteiger partial charge is 0.465 e. The van der Waals surface area contributed by atoms with Gasteiger partial charge < -0.3 is 4.74 Å². The highest BCUT2D eigenvalue weighted by molar-refractivity contribution is 6.08. The van der Waals surface area contributed by atoms with Crippen LogP contribution in [-0.4, -0.2) is 13.1 Å². The normalized spacial score (nSPS) is 10.6. The number of carbonyl (C=O) groups is 1. The van der Waals surface area contributed by atoms with Gasteiger partial charge in [-0.25, -0.2) is 4.79 Å². The van der Waals surface area contributed by atoms with Crippen LogP contribution in [0.25, 0.3) is 16.8 Å². The van der Waals surface area contributed by atoms with Gasteiger partial charge in [-0.1, -0.05) is 36.4 Å². The number of allylic oxidation sites excluding steroid dienone is 1. The van der Waals surface area contributed by atoms with E-state index in [0.29, 0.717) is 16.7 Å². The molecule has 0 saturated heterocycles. The molecule has 2 aromatic carbocycles. The summed E-state index contributed by atoms with van der Waals surface area (Å²) >= 11 is 0. The summed E-state index contributed by atoms with van der Waals surface area (Å²) in [5.41, 5.74) is 1.52. The summed E-state index contributed by atoms with van der Waals surface area (Å²) in [6.07, 6.45) is 3.56. The van der Waals surface area contributed by atoms with Crippen LogP contribution in [0, 0.1) is 11.3 Å². The summed E-state index contributed by atoms with van der Waals surface area (Å²) in [5, 5.41) is 10.9. The molecule has 3 heteroatoms. The molecule has 0 saturated carbocycles. The van der Waals surface area contributed by atoms with E-state index in [2.05, 4.69) is 6.07 Å². The van der Waals surface area contributed by atoms with Crippen LogP contribution < -0.4 is 0 Å². The lowest BCUT2D eigenvalue weighted by Gasteiger charge is -2.10. The lowest BCUT2D eigenvalue weighted by atomic mass is 9.94. The molecule has 0 N–H and O–H groups in total. The molecule has 0 atom stereocenters. The Morgan fingerprint density at radius 1 is 1.37 bits per heavy atom. The Morgan fingerprint density at radius 2 is 2.11 bits per heavy atom. The third-order valence-corrected chi connectivity index (χ3v) is 2.93. The van der Waals surface area contributed by atoms with Crippen molar-refractivity contribution in [3.05, 3.63) is 53.1 Å². The second-order valence-electron chi connectivity index (χ2n) is 4.04. The van der Waals surface area contributed by atoms with Crippen molar-refractivity contribution < 1.29 is 9.53 Å². The predicted octanol–water partition coefficient (Wildman–Crippen LogP) is 3.53. The molecule has 0 aliphatic heterocycles. The van der Waals surface area contributed by atoms with E-state index in [9.17, 15) is 10.1 Å². The molecule has 0 aliphatic carbocycles. The van der Waals surface area contributed by atoms with Gasteiger partial charge in [0, 0.05) is 5.56 Å². The molecule has 0 aliphatic rings. The number of ether oxygens (including phenoxy) is 1. The van der Waals surface area contributed by atoms with Crippen molar-refractivity contribution in [3.63, 3.8) is 0 Å². The lowest BCUT2D eigenvalue weighted by Crippen LogP contribution is -2.06. The molecule has 0 unspecified atom stereocenters. The SMILES string of the molecule is CC=Cc1c(C#N)cc2ccccc2c1C(=O)OC. The van der Waals surface area contributed by atoms with E-state index in [-0.39, 0.29) is 0 Å². The van der Waals surface area contributed by atoms with Crippen LogP contribution in [0.3, 0.4) is 0 Å². The molecule has 2 aromatic rings. The molecular weight excluding hydrogens is 238 g/mol. The molecule has 0 spiro atoms. The van der Waals surface area contributed by atoms with Crippen molar-refractivity contribution in [1.29, 1.82) is 5.26 Å². The summed E-state index contributed by atoms with van der Waals surface area (Å²) in [7, 11) is 1.34. The number of methoxy groups -OCH3 is 1. The van der Waals surface area contributed by atoms with E-state index in [0.717, 1.165) is 10.8 Å². The Labute approximate surface area is 111 Å². The quantitative estimate of drug-likeness (QED) is 0.767. The number of benzene rings is 2. The molecule has 0 bridgehead atoms. The highest BCUT2D eigenvalue weighted by atomic mass is 16.5. The summed E-state index contributed by atoms with van der Waals surface area (Å²) < 4.78 is 4.85. The zero-order chi connectivity index (χ0) is 13.8. The van der Waals surface area contributed by atoms with Crippen molar-refractivity contribution in [2.24, 2.45) is 0 Å². The smallest absolute Gasteiger partial charge is 0.339 e. The molecule has 19 heavy (non-hydrogen) atoms. The number of esters is 1. The Bertz CT molecular complexity index is 708. The predicted molar refractivity (Wildman–Crippen MR) is 74.7 cm³/mol. The van der Waals surface area contributed by atoms with Gasteiger partial charge in [-0.2, -0.15) is 5.26 Å². The molecule has 2 rings (SSSR count). The Kier molecular flexibility index (Phi) is 3.63. The minimum absolute atomic E-state index is 0.429. The highest BCUT2D eigenvalue weighted by Crippen LogP contribution is 2.27. The number of fused-ring (bicyclic) bond motifs is 1. The van der Waals surface area contributed by atoms with Gasteiger partial charge >= 0.3 is 5.97 Å². The Balaban J connectivity index is 2.95. The van der Waals surface area contributed by atoms with E-state index in [1.165, 1.54) is 7.11 Å². The van der Waals surface area contributed by atoms with E-state index >= 15 is 0 Å². The average Bonchev–Trinajstić information content (AvgIpc) is 2.46. The Hall–Kier alpha value is -2.60. The highest BCUT2D eigenvalue weighted by Gasteiger charge is 2.18. The molecular formula is C16H13NO2. The maximum Gasteiger partial charge on any atom is 0.339 e. The van der Waals surface area contributed by atoms with Crippen LogP contribution in [0.15, 0.2) is 36.4 Å². The standard InChI is InChI=1S/C16H13NO2/c1-3-6-13-12(10-17)9-11-7-4-5-8-14(11)15(13)16(18)19-2/h3-9H,1-2H3. The first kappa shape index (κ1) is 12.8. The van der Waals surface area contributed by atoms with Crippen LogP contribution >= 0.6 is 0 Å². The van der Waals surface area contributed by atoms with E-state index in [1.807, 2.05) is 31.2 Å². The number of rotatable bonds is 2. The van der Waals surface area contributed by atoms with Crippen LogP contribution in [0.2, 0.25) is 0 Å². The fraction of sp³-hybridized carbons (Fsp3) is 0.125. The molecule has 0 radical (unpaired) electrons. The van der Waals surface area contributed by atoms with Crippen molar-refractivity contribution in [1.82, 2.24) is 0 Å². The van der Waals surface area contributed by atoms with Gasteiger partial charge in [0.15, 0.2) is 0 Å². The minimum atomic E-state index is -0.429. The maximum absolute atomic E-state index is 12.0. The van der Waals surface area contributed by atoms with Crippen LogP contribution in [0.4, 0.5) is 0 Å². The number of hydrogen-bond acceptors (Lipinski definition) is 3. The van der Waals surface area contributed by atoms with Crippen LogP contribution in [-0.2, 0) is 4.74 Å². The maximum atomic E-state index is 12.0. The average molecular weight is 251 g/mol. The summed E-state index contributed by atoms with van der Waals surface area (Å²) in [6.45, 7) is 1.84. The number of nitrogens with zero attached hydrogens (tertiary/aromatic N) is 1. The van der Waals surface area contributed by atoms with Gasteiger partial charge in [-0.15, -0.1) is 0 Å². The second-order valence-corrected chi connectivity index (χ2v) is 4.04. The summed E-state index contributed by atoms with van der Waals surface area (Å²) in [6, 6.07) is 11.4. The lowest BCUT2D eigenvalue weighted by molar-refractivity contribution is 0.0603. The number of hydrogen-bond donors (Lipinski definition) is 0. The van der Waals surface area contributed by atoms with Gasteiger partial charge in [0.05, 0.1) is 24.3 Å². The van der Waals surface area contributed by atoms with E-state index < -0.39 is 5.97 Å². The van der Waals surface area contributed by atoms with Crippen molar-refractivity contribution in [2.45, 2.75) is 6.92 Å². The molecule has 0 fully saturated rings. The number of nitriles is 1. The van der Waals surface area contributed by atoms with Gasteiger partial charge in [-0.3, -0.25) is 0 Å². The van der Waals surface area contributed by atoms with Gasteiger partial charge in [0.1, 0.15) is 0 Å². The van der Waals surface area contributed by atoms with E-state index in [1.54, 1.807) is 18.2 Å². The van der Waals surface area contributed by atoms with Crippen molar-refractivity contribution >= 4 is 22.8 Å². The first-order valence-corrected chi connectivity index (χ1v) is 5.89. The molecule has 94 valence electrons. The minimum Gasteiger partial charge on any atom is -0.465 e. The zero-order valence-electron chi connectivity index (χ0n) is 10.8. The van der Waals surface area contributed by atoms with Gasteiger partial charge in [0.25, 0.3) is 0 Å². The molecule has 0 heterocycles. The Morgan fingerprint density at radius 3 is 2.74 bits per heavy atom. The monoisotopic (exact) mass is 251 g/mol. The van der Waals surface area contributed by atoms with Crippen LogP contribution in [0.5, 0.6) is 0 Å². The van der Waals surface area contributed by atoms with E-state index in [4.69, 9.17) is 4.74 Å². The topological polar surface area (TPSA) is 50.1 Å². The van der Waals surface area contributed by atoms with Gasteiger partial charge in [0.2, 0.25) is 0 Å². The van der Waals surface area contributed by atoms with Gasteiger partial charge in [-0.05, 0) is 23.8 Å². The third-order valence-electron chi connectivity index (χ3n) is 2.93. The summed E-state index contributed by atoms with van der Waals surface area (Å²) in [4.78, 5) is 12.0. The first-order valence-electron chi connectivity index (χ1n) is 5.89. The fourth-order valence-corrected chi connectivity index (χ4v) is 2.12. The van der Waals surface area contributed by atoms with Crippen LogP contribution in [0.1, 0.15) is 28.4 Å². The molecule has 0 aromatic heterocycles. The second kappa shape index (κ2) is 5.36. The summed E-state index contributed by atoms with van der Waals surface area (Å²) in [5.74, 6) is -0.429.